The Bertz CT molecular complexity index is 1090. The number of anilines is 1. The zero-order valence-corrected chi connectivity index (χ0v) is 16.0. The van der Waals surface area contributed by atoms with E-state index < -0.39 is 17.6 Å². The van der Waals surface area contributed by atoms with Gasteiger partial charge in [-0.3, -0.25) is 10.1 Å². The van der Waals surface area contributed by atoms with Crippen LogP contribution in [0.25, 0.3) is 11.5 Å². The number of nitrogens with zero attached hydrogens (tertiary/aromatic N) is 2. The van der Waals surface area contributed by atoms with E-state index in [4.69, 9.17) is 9.15 Å². The molecule has 2 aromatic carbocycles. The van der Waals surface area contributed by atoms with Crippen molar-refractivity contribution >= 4 is 11.9 Å². The SMILES string of the molecule is COc1cc(C(=O)Nc2nnc(-c3ccc4c(c3)CCCC4)o2)cc(C(F)(F)F)c1. The molecule has 0 saturated carbocycles. The number of amides is 1. The van der Waals surface area contributed by atoms with E-state index in [1.807, 2.05) is 18.2 Å². The first-order valence-corrected chi connectivity index (χ1v) is 9.37. The van der Waals surface area contributed by atoms with Gasteiger partial charge in [-0.2, -0.15) is 13.2 Å². The minimum Gasteiger partial charge on any atom is -0.497 e. The fourth-order valence-electron chi connectivity index (χ4n) is 3.44. The lowest BCUT2D eigenvalue weighted by molar-refractivity contribution is -0.137. The predicted octanol–water partition coefficient (Wildman–Crippen LogP) is 4.90. The summed E-state index contributed by atoms with van der Waals surface area (Å²) >= 11 is 0. The number of ether oxygens (including phenoxy) is 1. The van der Waals surface area contributed by atoms with Crippen molar-refractivity contribution in [1.82, 2.24) is 10.2 Å². The molecule has 0 aliphatic heterocycles. The molecule has 156 valence electrons. The number of hydrogen-bond acceptors (Lipinski definition) is 5. The molecule has 1 N–H and O–H groups in total. The number of fused-ring (bicyclic) bond motifs is 1. The summed E-state index contributed by atoms with van der Waals surface area (Å²) in [6, 6.07) is 8.44. The van der Waals surface area contributed by atoms with Gasteiger partial charge in [-0.05, 0) is 67.1 Å². The normalized spacial score (nSPS) is 13.6. The average molecular weight is 417 g/mol. The summed E-state index contributed by atoms with van der Waals surface area (Å²) in [5.74, 6) is -0.685. The number of halogens is 3. The number of aryl methyl sites for hydroxylation is 2. The van der Waals surface area contributed by atoms with Gasteiger partial charge in [0.05, 0.1) is 12.7 Å². The third-order valence-corrected chi connectivity index (χ3v) is 4.97. The molecule has 6 nitrogen and oxygen atoms in total. The van der Waals surface area contributed by atoms with E-state index in [0.29, 0.717) is 0 Å². The van der Waals surface area contributed by atoms with Crippen LogP contribution in [-0.2, 0) is 19.0 Å². The minimum absolute atomic E-state index is 0.0877. The van der Waals surface area contributed by atoms with Crippen LogP contribution in [0.3, 0.4) is 0 Å². The quantitative estimate of drug-likeness (QED) is 0.654. The highest BCUT2D eigenvalue weighted by atomic mass is 19.4. The van der Waals surface area contributed by atoms with Crippen molar-refractivity contribution in [1.29, 1.82) is 0 Å². The van der Waals surface area contributed by atoms with Gasteiger partial charge in [-0.25, -0.2) is 0 Å². The number of carbonyl (C=O) groups is 1. The first kappa shape index (κ1) is 19.9. The standard InChI is InChI=1S/C21H18F3N3O3/c1-29-17-10-15(9-16(11-17)21(22,23)24)18(28)25-20-27-26-19(30-20)14-7-6-12-4-2-3-5-13(12)8-14/h6-11H,2-5H2,1H3,(H,25,27,28). The van der Waals surface area contributed by atoms with E-state index in [2.05, 4.69) is 15.5 Å². The molecule has 3 aromatic rings. The fourth-order valence-corrected chi connectivity index (χ4v) is 3.44. The zero-order valence-electron chi connectivity index (χ0n) is 16.0. The Hall–Kier alpha value is -3.36. The van der Waals surface area contributed by atoms with Crippen LogP contribution in [0.5, 0.6) is 5.75 Å². The maximum Gasteiger partial charge on any atom is 0.416 e. The minimum atomic E-state index is -4.62. The number of alkyl halides is 3. The van der Waals surface area contributed by atoms with Gasteiger partial charge in [0.2, 0.25) is 5.89 Å². The van der Waals surface area contributed by atoms with Crippen LogP contribution in [0.1, 0.15) is 39.9 Å². The summed E-state index contributed by atoms with van der Waals surface area (Å²) in [4.78, 5) is 12.4. The summed E-state index contributed by atoms with van der Waals surface area (Å²) in [6.45, 7) is 0. The van der Waals surface area contributed by atoms with E-state index in [0.717, 1.165) is 37.0 Å². The zero-order chi connectivity index (χ0) is 21.3. The second-order valence-electron chi connectivity index (χ2n) is 7.01. The van der Waals surface area contributed by atoms with Crippen molar-refractivity contribution in [3.05, 3.63) is 58.7 Å². The van der Waals surface area contributed by atoms with Crippen LogP contribution in [0.15, 0.2) is 40.8 Å². The van der Waals surface area contributed by atoms with Gasteiger partial charge in [-0.15, -0.1) is 5.10 Å². The van der Waals surface area contributed by atoms with E-state index in [-0.39, 0.29) is 23.2 Å². The molecule has 0 bridgehead atoms. The van der Waals surface area contributed by atoms with Gasteiger partial charge >= 0.3 is 12.2 Å². The van der Waals surface area contributed by atoms with E-state index >= 15 is 0 Å². The third kappa shape index (κ3) is 4.14. The monoisotopic (exact) mass is 417 g/mol. The molecule has 1 amide bonds. The smallest absolute Gasteiger partial charge is 0.416 e. The average Bonchev–Trinajstić information content (AvgIpc) is 3.20. The number of hydrogen-bond donors (Lipinski definition) is 1. The van der Waals surface area contributed by atoms with Gasteiger partial charge in [0.15, 0.2) is 0 Å². The third-order valence-electron chi connectivity index (χ3n) is 4.97. The fraction of sp³-hybridized carbons (Fsp3) is 0.286. The van der Waals surface area contributed by atoms with Crippen molar-refractivity contribution in [2.24, 2.45) is 0 Å². The summed E-state index contributed by atoms with van der Waals surface area (Å²) < 4.78 is 49.5. The number of benzene rings is 2. The first-order chi connectivity index (χ1) is 14.3. The molecular weight excluding hydrogens is 399 g/mol. The molecule has 4 rings (SSSR count). The highest BCUT2D eigenvalue weighted by Crippen LogP contribution is 2.33. The molecule has 0 atom stereocenters. The summed E-state index contributed by atoms with van der Waals surface area (Å²) in [5.41, 5.74) is 2.03. The van der Waals surface area contributed by atoms with Crippen molar-refractivity contribution in [3.8, 4) is 17.2 Å². The predicted molar refractivity (Wildman–Crippen MR) is 102 cm³/mol. The Morgan fingerprint density at radius 2 is 1.83 bits per heavy atom. The summed E-state index contributed by atoms with van der Waals surface area (Å²) in [7, 11) is 1.22. The van der Waals surface area contributed by atoms with E-state index in [9.17, 15) is 18.0 Å². The van der Waals surface area contributed by atoms with Crippen molar-refractivity contribution in [2.45, 2.75) is 31.9 Å². The Labute approximate surface area is 170 Å². The molecule has 0 fully saturated rings. The lowest BCUT2D eigenvalue weighted by Crippen LogP contribution is -2.14. The van der Waals surface area contributed by atoms with Gasteiger partial charge in [0.1, 0.15) is 5.75 Å². The lowest BCUT2D eigenvalue weighted by Gasteiger charge is -2.15. The number of aromatic nitrogens is 2. The van der Waals surface area contributed by atoms with Crippen LogP contribution < -0.4 is 10.1 Å². The lowest BCUT2D eigenvalue weighted by atomic mass is 9.90. The van der Waals surface area contributed by atoms with Crippen molar-refractivity contribution in [3.63, 3.8) is 0 Å². The summed E-state index contributed by atoms with van der Waals surface area (Å²) in [5, 5.41) is 10.1. The van der Waals surface area contributed by atoms with Crippen LogP contribution >= 0.6 is 0 Å². The number of rotatable bonds is 4. The second-order valence-corrected chi connectivity index (χ2v) is 7.01. The number of carbonyl (C=O) groups excluding carboxylic acids is 1. The highest BCUT2D eigenvalue weighted by molar-refractivity contribution is 6.03. The molecular formula is C21H18F3N3O3. The van der Waals surface area contributed by atoms with Gasteiger partial charge < -0.3 is 9.15 Å². The van der Waals surface area contributed by atoms with Crippen LogP contribution in [0.2, 0.25) is 0 Å². The van der Waals surface area contributed by atoms with Gasteiger partial charge in [-0.1, -0.05) is 11.2 Å². The molecule has 0 radical (unpaired) electrons. The maximum atomic E-state index is 13.1. The molecule has 0 unspecified atom stereocenters. The molecule has 9 heteroatoms. The molecule has 1 aliphatic rings. The van der Waals surface area contributed by atoms with Crippen LogP contribution in [-0.4, -0.2) is 23.2 Å². The Balaban J connectivity index is 1.55. The molecule has 0 saturated heterocycles. The van der Waals surface area contributed by atoms with E-state index in [1.54, 1.807) is 0 Å². The van der Waals surface area contributed by atoms with Gasteiger partial charge in [0.25, 0.3) is 5.91 Å². The topological polar surface area (TPSA) is 77.2 Å². The second kappa shape index (κ2) is 7.81. The first-order valence-electron chi connectivity index (χ1n) is 9.37. The molecule has 30 heavy (non-hydrogen) atoms. The molecule has 1 aliphatic carbocycles. The molecule has 1 aromatic heterocycles. The van der Waals surface area contributed by atoms with E-state index in [1.165, 1.54) is 30.7 Å². The van der Waals surface area contributed by atoms with Gasteiger partial charge in [0, 0.05) is 11.1 Å². The highest BCUT2D eigenvalue weighted by Gasteiger charge is 2.32. The van der Waals surface area contributed by atoms with Crippen LogP contribution in [0, 0.1) is 0 Å². The Kier molecular flexibility index (Phi) is 5.19. The summed E-state index contributed by atoms with van der Waals surface area (Å²) in [6.07, 6.45) is -0.293. The molecule has 0 spiro atoms. The van der Waals surface area contributed by atoms with Crippen molar-refractivity contribution < 1.29 is 27.1 Å². The largest absolute Gasteiger partial charge is 0.497 e. The number of nitrogens with one attached hydrogen (secondary N) is 1. The van der Waals surface area contributed by atoms with Crippen molar-refractivity contribution in [2.75, 3.05) is 12.4 Å². The molecule has 1 heterocycles. The maximum absolute atomic E-state index is 13.1. The Morgan fingerprint density at radius 3 is 2.57 bits per heavy atom. The Morgan fingerprint density at radius 1 is 1.07 bits per heavy atom. The number of methoxy groups -OCH3 is 1. The van der Waals surface area contributed by atoms with Crippen LogP contribution in [0.4, 0.5) is 19.2 Å².